The van der Waals surface area contributed by atoms with Crippen molar-refractivity contribution in [3.63, 3.8) is 0 Å². The summed E-state index contributed by atoms with van der Waals surface area (Å²) < 4.78 is 22.4. The van der Waals surface area contributed by atoms with Gasteiger partial charge in [0, 0.05) is 41.6 Å². The summed E-state index contributed by atoms with van der Waals surface area (Å²) in [7, 11) is 5.89. The van der Waals surface area contributed by atoms with Crippen LogP contribution in [-0.4, -0.2) is 55.8 Å². The number of rotatable bonds is 14. The van der Waals surface area contributed by atoms with Crippen LogP contribution < -0.4 is 20.1 Å². The van der Waals surface area contributed by atoms with Gasteiger partial charge in [0.15, 0.2) is 0 Å². The van der Waals surface area contributed by atoms with Gasteiger partial charge in [0.2, 0.25) is 5.91 Å². The molecule has 0 aliphatic carbocycles. The minimum Gasteiger partial charge on any atom is -0.497 e. The van der Waals surface area contributed by atoms with Crippen LogP contribution in [-0.2, 0) is 43.4 Å². The van der Waals surface area contributed by atoms with Crippen molar-refractivity contribution in [2.24, 2.45) is 10.8 Å². The highest BCUT2D eigenvalue weighted by Gasteiger charge is 2.33. The lowest BCUT2D eigenvalue weighted by Crippen LogP contribution is -2.31. The average molecular weight is 808 g/mol. The maximum Gasteiger partial charge on any atom is 0.311 e. The van der Waals surface area contributed by atoms with Crippen LogP contribution in [0.2, 0.25) is 10.0 Å². The van der Waals surface area contributed by atoms with E-state index in [9.17, 15) is 14.4 Å². The fraction of sp³-hybridized carbons (Fsp3) is 0.349. The normalized spacial score (nSPS) is 11.0. The van der Waals surface area contributed by atoms with E-state index >= 15 is 0 Å². The number of halogens is 2. The maximum atomic E-state index is 12.5. The molecule has 13 heteroatoms. The summed E-state index contributed by atoms with van der Waals surface area (Å²) in [6.07, 6.45) is 0.432. The highest BCUT2D eigenvalue weighted by molar-refractivity contribution is 6.31. The van der Waals surface area contributed by atoms with Crippen molar-refractivity contribution in [1.29, 1.82) is 0 Å². The summed E-state index contributed by atoms with van der Waals surface area (Å²) in [5, 5.41) is 7.49. The van der Waals surface area contributed by atoms with Crippen LogP contribution in [0.1, 0.15) is 58.5 Å². The van der Waals surface area contributed by atoms with Crippen LogP contribution in [0.4, 0.5) is 11.4 Å². The molecule has 56 heavy (non-hydrogen) atoms. The Balaban J connectivity index is 0.000000295. The number of carbonyl (C=O) groups excluding carboxylic acids is 3. The van der Waals surface area contributed by atoms with Crippen LogP contribution in [0.15, 0.2) is 84.9 Å². The number of ether oxygens (including phenoxy) is 4. The van der Waals surface area contributed by atoms with Gasteiger partial charge in [-0.25, -0.2) is 4.98 Å². The van der Waals surface area contributed by atoms with E-state index in [1.54, 1.807) is 40.2 Å². The van der Waals surface area contributed by atoms with Crippen LogP contribution in [0.3, 0.4) is 0 Å². The number of esters is 2. The van der Waals surface area contributed by atoms with E-state index in [1.807, 2.05) is 86.6 Å². The van der Waals surface area contributed by atoms with E-state index in [2.05, 4.69) is 15.2 Å². The van der Waals surface area contributed by atoms with Gasteiger partial charge in [0.25, 0.3) is 0 Å². The molecule has 5 rings (SSSR count). The first-order valence-corrected chi connectivity index (χ1v) is 18.3. The van der Waals surface area contributed by atoms with E-state index < -0.39 is 16.8 Å². The number of carbonyl (C=O) groups is 3. The van der Waals surface area contributed by atoms with Gasteiger partial charge in [-0.2, -0.15) is 0 Å². The summed E-state index contributed by atoms with van der Waals surface area (Å²) in [4.78, 5) is 41.3. The van der Waals surface area contributed by atoms with Gasteiger partial charge in [0.1, 0.15) is 17.3 Å². The molecule has 1 aromatic heterocycles. The molecule has 0 saturated heterocycles. The first-order valence-electron chi connectivity index (χ1n) is 17.5. The number of aromatic nitrogens is 2. The number of anilines is 2. The molecule has 0 spiro atoms. The Kier molecular flexibility index (Phi) is 16.2. The number of imidazole rings is 1. The zero-order chi connectivity index (χ0) is 40.3. The van der Waals surface area contributed by atoms with Crippen LogP contribution in [0.5, 0.6) is 11.5 Å². The number of nitrogens with zero attached hydrogens (tertiary/aromatic N) is 2. The smallest absolute Gasteiger partial charge is 0.311 e. The zero-order valence-electron chi connectivity index (χ0n) is 32.4. The van der Waals surface area contributed by atoms with Crippen molar-refractivity contribution < 1.29 is 33.3 Å². The summed E-state index contributed by atoms with van der Waals surface area (Å²) in [5.41, 5.74) is 3.35. The standard InChI is InChI=1S/C21H25ClN2O4.C21H23ClN2O3.CH4/c1-21(2,20(26)28-4)12-19(25)24-18-11-15(27-3)9-10-17(18)23-13-14-7-5-6-8-16(14)22;1-21(2,20(25)27-4)12-19-23-17-11-15(26-3)9-10-18(17)24(19)13-14-7-5-6-8-16(14)22;/h5-11,23H,12-13H2,1-4H3,(H,24,25);5-11H,12-13H2,1-4H3;1H4. The molecular formula is C43H52Cl2N4O7. The Morgan fingerprint density at radius 3 is 1.86 bits per heavy atom. The van der Waals surface area contributed by atoms with Crippen molar-refractivity contribution in [1.82, 2.24) is 9.55 Å². The molecule has 2 N–H and O–H groups in total. The zero-order valence-corrected chi connectivity index (χ0v) is 33.9. The third-order valence-corrected chi connectivity index (χ3v) is 9.66. The van der Waals surface area contributed by atoms with E-state index in [-0.39, 0.29) is 25.7 Å². The maximum absolute atomic E-state index is 12.5. The summed E-state index contributed by atoms with van der Waals surface area (Å²) in [6.45, 7) is 8.11. The Hall–Kier alpha value is -5.26. The Morgan fingerprint density at radius 1 is 0.714 bits per heavy atom. The largest absolute Gasteiger partial charge is 0.497 e. The molecule has 11 nitrogen and oxygen atoms in total. The van der Waals surface area contributed by atoms with E-state index in [0.717, 1.165) is 33.7 Å². The number of nitrogens with one attached hydrogen (secondary N) is 2. The molecule has 0 bridgehead atoms. The Labute approximate surface area is 339 Å². The predicted octanol–water partition coefficient (Wildman–Crippen LogP) is 9.61. The van der Waals surface area contributed by atoms with Crippen molar-refractivity contribution in [2.75, 3.05) is 39.1 Å². The molecule has 300 valence electrons. The topological polar surface area (TPSA) is 130 Å². The lowest BCUT2D eigenvalue weighted by atomic mass is 9.89. The third-order valence-electron chi connectivity index (χ3n) is 8.93. The van der Waals surface area contributed by atoms with Gasteiger partial charge >= 0.3 is 11.9 Å². The molecular weight excluding hydrogens is 755 g/mol. The summed E-state index contributed by atoms with van der Waals surface area (Å²) >= 11 is 12.6. The van der Waals surface area contributed by atoms with E-state index in [0.29, 0.717) is 46.7 Å². The Bertz CT molecular complexity index is 2130. The quantitative estimate of drug-likeness (QED) is 0.105. The second-order valence-corrected chi connectivity index (χ2v) is 14.9. The van der Waals surface area contributed by atoms with Crippen LogP contribution in [0.25, 0.3) is 11.0 Å². The van der Waals surface area contributed by atoms with Crippen molar-refractivity contribution in [2.45, 2.75) is 61.1 Å². The molecule has 0 aliphatic rings. The molecule has 0 fully saturated rings. The lowest BCUT2D eigenvalue weighted by molar-refractivity contribution is -0.152. The van der Waals surface area contributed by atoms with Gasteiger partial charge in [-0.05, 0) is 75.2 Å². The average Bonchev–Trinajstić information content (AvgIpc) is 3.49. The second kappa shape index (κ2) is 20.1. The molecule has 0 saturated carbocycles. The monoisotopic (exact) mass is 806 g/mol. The van der Waals surface area contributed by atoms with Crippen molar-refractivity contribution >= 4 is 63.5 Å². The van der Waals surface area contributed by atoms with Gasteiger partial charge in [-0.3, -0.25) is 14.4 Å². The molecule has 4 aromatic carbocycles. The SMILES string of the molecule is C.COC(=O)C(C)(C)CC(=O)Nc1cc(OC)ccc1NCc1ccccc1Cl.COC(=O)C(C)(C)Cc1nc2cc(OC)ccc2n1Cc1ccccc1Cl. The number of amides is 1. The number of fused-ring (bicyclic) bond motifs is 1. The number of benzene rings is 4. The summed E-state index contributed by atoms with van der Waals surface area (Å²) in [5.74, 6) is 1.13. The van der Waals surface area contributed by atoms with Crippen molar-refractivity contribution in [3.8, 4) is 11.5 Å². The fourth-order valence-corrected chi connectivity index (χ4v) is 6.22. The Morgan fingerprint density at radius 2 is 1.27 bits per heavy atom. The predicted molar refractivity (Wildman–Crippen MR) is 224 cm³/mol. The first kappa shape index (κ1) is 45.1. The van der Waals surface area contributed by atoms with Crippen molar-refractivity contribution in [3.05, 3.63) is 112 Å². The van der Waals surface area contributed by atoms with E-state index in [4.69, 9.17) is 47.1 Å². The molecule has 1 amide bonds. The highest BCUT2D eigenvalue weighted by atomic mass is 35.5. The van der Waals surface area contributed by atoms with Crippen LogP contribution >= 0.6 is 23.2 Å². The molecule has 0 aliphatic heterocycles. The lowest BCUT2D eigenvalue weighted by Gasteiger charge is -2.21. The third kappa shape index (κ3) is 11.6. The minimum absolute atomic E-state index is 0. The number of hydrogen-bond acceptors (Lipinski definition) is 9. The highest BCUT2D eigenvalue weighted by Crippen LogP contribution is 2.31. The second-order valence-electron chi connectivity index (χ2n) is 14.1. The van der Waals surface area contributed by atoms with Crippen LogP contribution in [0, 0.1) is 10.8 Å². The van der Waals surface area contributed by atoms with E-state index in [1.165, 1.54) is 14.2 Å². The van der Waals surface area contributed by atoms with Gasteiger partial charge < -0.3 is 34.1 Å². The fourth-order valence-electron chi connectivity index (χ4n) is 5.82. The van der Waals surface area contributed by atoms with Gasteiger partial charge in [0.05, 0.1) is 68.2 Å². The molecule has 0 unspecified atom stereocenters. The van der Waals surface area contributed by atoms with Gasteiger partial charge in [-0.1, -0.05) is 67.0 Å². The van der Waals surface area contributed by atoms with Gasteiger partial charge in [-0.15, -0.1) is 0 Å². The first-order chi connectivity index (χ1) is 26.1. The minimum atomic E-state index is -0.928. The number of methoxy groups -OCH3 is 4. The molecule has 0 radical (unpaired) electrons. The number of hydrogen-bond donors (Lipinski definition) is 2. The summed E-state index contributed by atoms with van der Waals surface area (Å²) in [6, 6.07) is 26.4. The molecule has 1 heterocycles. The molecule has 0 atom stereocenters. The molecule has 5 aromatic rings.